The number of esters is 1. The van der Waals surface area contributed by atoms with E-state index in [1.807, 2.05) is 0 Å². The molecule has 0 aliphatic carbocycles. The molecule has 0 saturated heterocycles. The highest BCUT2D eigenvalue weighted by atomic mass is 32.2. The van der Waals surface area contributed by atoms with Crippen molar-refractivity contribution in [2.45, 2.75) is 90.0 Å². The largest absolute Gasteiger partial charge is 0.465 e. The van der Waals surface area contributed by atoms with Crippen LogP contribution in [0.4, 0.5) is 13.6 Å². The van der Waals surface area contributed by atoms with E-state index < -0.39 is 53.6 Å². The van der Waals surface area contributed by atoms with Gasteiger partial charge < -0.3 is 14.2 Å². The minimum atomic E-state index is -1.42. The van der Waals surface area contributed by atoms with Crippen molar-refractivity contribution in [3.8, 4) is 0 Å². The molecule has 1 aromatic carbocycles. The molecule has 1 aliphatic rings. The Hall–Kier alpha value is -1.98. The van der Waals surface area contributed by atoms with Crippen molar-refractivity contribution in [1.82, 2.24) is 4.90 Å². The lowest BCUT2D eigenvalue weighted by Gasteiger charge is -2.47. The standard InChI is InChI=1S/C27H42F2N2O5SSi/c1-11-35-22(32)27(7)18(2)26(6,19-13-12-14-20(28)21(19)29)30-23(37-27)31(24(33)36-25(3,4)5)17-34-15-16-38(8,9)10/h12-14,18H,11,15-17H2,1-10H3/t18-,26-,27-/m0/s1. The number of aliphatic imine (C=N–C) groups is 1. The van der Waals surface area contributed by atoms with Gasteiger partial charge in [-0.15, -0.1) is 0 Å². The molecule has 0 unspecified atom stereocenters. The summed E-state index contributed by atoms with van der Waals surface area (Å²) < 4.78 is 45.2. The first-order valence-electron chi connectivity index (χ1n) is 12.8. The average molecular weight is 573 g/mol. The Bertz CT molecular complexity index is 1060. The molecule has 0 aromatic heterocycles. The van der Waals surface area contributed by atoms with Gasteiger partial charge in [0.2, 0.25) is 0 Å². The number of amidine groups is 1. The summed E-state index contributed by atoms with van der Waals surface area (Å²) in [5.41, 5.74) is -2.27. The van der Waals surface area contributed by atoms with E-state index in [0.717, 1.165) is 23.9 Å². The van der Waals surface area contributed by atoms with Crippen LogP contribution in [0.25, 0.3) is 0 Å². The highest BCUT2D eigenvalue weighted by Gasteiger charge is 2.56. The third-order valence-corrected chi connectivity index (χ3v) is 9.68. The van der Waals surface area contributed by atoms with Crippen LogP contribution >= 0.6 is 11.8 Å². The zero-order valence-electron chi connectivity index (χ0n) is 24.2. The second-order valence-corrected chi connectivity index (χ2v) is 19.1. The number of rotatable bonds is 8. The summed E-state index contributed by atoms with van der Waals surface area (Å²) in [5, 5.41) is 0.104. The zero-order chi connectivity index (χ0) is 29.1. The molecule has 38 heavy (non-hydrogen) atoms. The minimum absolute atomic E-state index is 0.0258. The molecule has 0 saturated carbocycles. The lowest BCUT2D eigenvalue weighted by Crippen LogP contribution is -2.55. The fraction of sp³-hybridized carbons (Fsp3) is 0.667. The van der Waals surface area contributed by atoms with Gasteiger partial charge in [0.1, 0.15) is 17.1 Å². The second-order valence-electron chi connectivity index (χ2n) is 12.1. The number of halogens is 2. The summed E-state index contributed by atoms with van der Waals surface area (Å²) in [7, 11) is -1.40. The maximum absolute atomic E-state index is 15.2. The van der Waals surface area contributed by atoms with Crippen molar-refractivity contribution in [2.24, 2.45) is 10.9 Å². The van der Waals surface area contributed by atoms with Gasteiger partial charge in [-0.1, -0.05) is 50.5 Å². The van der Waals surface area contributed by atoms with E-state index in [2.05, 4.69) is 19.6 Å². The molecule has 3 atom stereocenters. The van der Waals surface area contributed by atoms with E-state index in [9.17, 15) is 14.0 Å². The first-order chi connectivity index (χ1) is 17.4. The number of amides is 1. The van der Waals surface area contributed by atoms with Crippen LogP contribution < -0.4 is 0 Å². The topological polar surface area (TPSA) is 77.4 Å². The van der Waals surface area contributed by atoms with Crippen LogP contribution in [0.1, 0.15) is 54.0 Å². The predicted octanol–water partition coefficient (Wildman–Crippen LogP) is 6.79. The van der Waals surface area contributed by atoms with Crippen molar-refractivity contribution in [3.05, 3.63) is 35.4 Å². The highest BCUT2D eigenvalue weighted by Crippen LogP contribution is 2.52. The number of thioether (sulfide) groups is 1. The Labute approximate surface area is 230 Å². The average Bonchev–Trinajstić information content (AvgIpc) is 2.77. The Morgan fingerprint density at radius 1 is 1.18 bits per heavy atom. The van der Waals surface area contributed by atoms with Gasteiger partial charge in [-0.3, -0.25) is 9.79 Å². The van der Waals surface area contributed by atoms with Crippen LogP contribution in [0.5, 0.6) is 0 Å². The third kappa shape index (κ3) is 7.56. The number of ether oxygens (including phenoxy) is 3. The molecular formula is C27H42F2N2O5SSi. The highest BCUT2D eigenvalue weighted by molar-refractivity contribution is 8.15. The van der Waals surface area contributed by atoms with Gasteiger partial charge in [0.05, 0.1) is 12.1 Å². The maximum atomic E-state index is 15.2. The summed E-state index contributed by atoms with van der Waals surface area (Å²) in [6.07, 6.45) is -0.723. The van der Waals surface area contributed by atoms with E-state index in [4.69, 9.17) is 19.2 Å². The van der Waals surface area contributed by atoms with Gasteiger partial charge in [0, 0.05) is 26.2 Å². The zero-order valence-corrected chi connectivity index (χ0v) is 26.1. The fourth-order valence-electron chi connectivity index (χ4n) is 3.97. The Kier molecular flexibility index (Phi) is 10.2. The van der Waals surface area contributed by atoms with Crippen molar-refractivity contribution < 1.29 is 32.6 Å². The molecule has 1 heterocycles. The van der Waals surface area contributed by atoms with Gasteiger partial charge in [-0.05, 0) is 53.7 Å². The van der Waals surface area contributed by atoms with Gasteiger partial charge in [0.15, 0.2) is 16.8 Å². The van der Waals surface area contributed by atoms with Crippen LogP contribution in [-0.2, 0) is 24.5 Å². The number of carbonyl (C=O) groups excluding carboxylic acids is 2. The van der Waals surface area contributed by atoms with E-state index in [1.54, 1.807) is 48.5 Å². The molecule has 1 aliphatic heterocycles. The van der Waals surface area contributed by atoms with Crippen molar-refractivity contribution in [3.63, 3.8) is 0 Å². The molecule has 0 radical (unpaired) electrons. The van der Waals surface area contributed by atoms with E-state index >= 15 is 4.39 Å². The first-order valence-corrected chi connectivity index (χ1v) is 17.4. The number of hydrogen-bond donors (Lipinski definition) is 0. The molecule has 7 nitrogen and oxygen atoms in total. The van der Waals surface area contributed by atoms with Gasteiger partial charge >= 0.3 is 12.1 Å². The van der Waals surface area contributed by atoms with Gasteiger partial charge in [-0.25, -0.2) is 18.5 Å². The number of nitrogens with zero attached hydrogens (tertiary/aromatic N) is 2. The van der Waals surface area contributed by atoms with Crippen molar-refractivity contribution in [1.29, 1.82) is 0 Å². The Morgan fingerprint density at radius 3 is 2.37 bits per heavy atom. The van der Waals surface area contributed by atoms with Crippen LogP contribution in [-0.4, -0.2) is 60.5 Å². The predicted molar refractivity (Wildman–Crippen MR) is 150 cm³/mol. The summed E-state index contributed by atoms with van der Waals surface area (Å²) in [6.45, 7) is 19.0. The van der Waals surface area contributed by atoms with E-state index in [0.29, 0.717) is 6.61 Å². The number of hydrogen-bond acceptors (Lipinski definition) is 7. The Balaban J connectivity index is 2.67. The van der Waals surface area contributed by atoms with Gasteiger partial charge in [-0.2, -0.15) is 0 Å². The van der Waals surface area contributed by atoms with Crippen LogP contribution in [0.3, 0.4) is 0 Å². The quantitative estimate of drug-likeness (QED) is 0.148. The molecule has 214 valence electrons. The lowest BCUT2D eigenvalue weighted by atomic mass is 9.73. The van der Waals surface area contributed by atoms with Crippen LogP contribution in [0.15, 0.2) is 23.2 Å². The number of benzene rings is 1. The third-order valence-electron chi connectivity index (χ3n) is 6.54. The first kappa shape index (κ1) is 32.2. The monoisotopic (exact) mass is 572 g/mol. The van der Waals surface area contributed by atoms with Crippen LogP contribution in [0.2, 0.25) is 25.7 Å². The molecule has 0 N–H and O–H groups in total. The van der Waals surface area contributed by atoms with Gasteiger partial charge in [0.25, 0.3) is 0 Å². The SMILES string of the molecule is CCOC(=O)[C@@]1(C)SC(N(COCC[Si](C)(C)C)C(=O)OC(C)(C)C)=N[C@](C)(c2cccc(F)c2F)[C@@H]1C. The number of carbonyl (C=O) groups is 2. The van der Waals surface area contributed by atoms with Crippen molar-refractivity contribution in [2.75, 3.05) is 19.9 Å². The van der Waals surface area contributed by atoms with Crippen molar-refractivity contribution >= 4 is 37.1 Å². The summed E-state index contributed by atoms with van der Waals surface area (Å²) in [5.74, 6) is -3.27. The lowest BCUT2D eigenvalue weighted by molar-refractivity contribution is -0.147. The molecular weight excluding hydrogens is 530 g/mol. The summed E-state index contributed by atoms with van der Waals surface area (Å²) >= 11 is 1.04. The molecule has 1 amide bonds. The molecule has 11 heteroatoms. The van der Waals surface area contributed by atoms with E-state index in [-0.39, 0.29) is 24.1 Å². The maximum Gasteiger partial charge on any atom is 0.418 e. The summed E-state index contributed by atoms with van der Waals surface area (Å²) in [4.78, 5) is 32.7. The molecule has 1 aromatic rings. The molecule has 0 bridgehead atoms. The summed E-state index contributed by atoms with van der Waals surface area (Å²) in [6, 6.07) is 4.74. The normalized spacial score (nSPS) is 24.0. The molecule has 0 fully saturated rings. The molecule has 0 spiro atoms. The molecule has 2 rings (SSSR count). The Morgan fingerprint density at radius 2 is 1.82 bits per heavy atom. The minimum Gasteiger partial charge on any atom is -0.465 e. The smallest absolute Gasteiger partial charge is 0.418 e. The van der Waals surface area contributed by atoms with Crippen LogP contribution in [0, 0.1) is 17.6 Å². The van der Waals surface area contributed by atoms with E-state index in [1.165, 1.54) is 17.0 Å². The fourth-order valence-corrected chi connectivity index (χ4v) is 6.12. The second kappa shape index (κ2) is 12.0.